The number of hydrogen-bond acceptors (Lipinski definition) is 5. The highest BCUT2D eigenvalue weighted by Gasteiger charge is 2.40. The largest absolute Gasteiger partial charge is 0.496 e. The SMILES string of the molecule is COc1ccccc1CC(=O)N1C[C@@H](c2ccccc2)[C@H](c2nc(C)no2)C1. The summed E-state index contributed by atoms with van der Waals surface area (Å²) in [6.07, 6.45) is 0.307. The molecule has 2 atom stereocenters. The van der Waals surface area contributed by atoms with Crippen molar-refractivity contribution in [2.45, 2.75) is 25.2 Å². The average molecular weight is 377 g/mol. The lowest BCUT2D eigenvalue weighted by Crippen LogP contribution is -2.30. The van der Waals surface area contributed by atoms with Crippen molar-refractivity contribution >= 4 is 5.91 Å². The van der Waals surface area contributed by atoms with Gasteiger partial charge < -0.3 is 14.2 Å². The number of methoxy groups -OCH3 is 1. The van der Waals surface area contributed by atoms with E-state index in [4.69, 9.17) is 9.26 Å². The molecule has 4 rings (SSSR count). The fourth-order valence-electron chi connectivity index (χ4n) is 3.88. The third-order valence-corrected chi connectivity index (χ3v) is 5.29. The number of aromatic nitrogens is 2. The lowest BCUT2D eigenvalue weighted by molar-refractivity contribution is -0.129. The van der Waals surface area contributed by atoms with E-state index in [1.807, 2.05) is 54.3 Å². The van der Waals surface area contributed by atoms with Gasteiger partial charge >= 0.3 is 0 Å². The topological polar surface area (TPSA) is 68.5 Å². The number of carbonyl (C=O) groups is 1. The van der Waals surface area contributed by atoms with Gasteiger partial charge in [0, 0.05) is 24.6 Å². The number of hydrogen-bond donors (Lipinski definition) is 0. The molecule has 6 heteroatoms. The normalized spacial score (nSPS) is 19.0. The van der Waals surface area contributed by atoms with Gasteiger partial charge in [-0.15, -0.1) is 0 Å². The highest BCUT2D eigenvalue weighted by Crippen LogP contribution is 2.39. The maximum atomic E-state index is 13.0. The van der Waals surface area contributed by atoms with Gasteiger partial charge in [-0.25, -0.2) is 0 Å². The van der Waals surface area contributed by atoms with E-state index in [1.165, 1.54) is 5.56 Å². The molecule has 1 amide bonds. The molecule has 0 spiro atoms. The second kappa shape index (κ2) is 7.84. The van der Waals surface area contributed by atoms with Crippen LogP contribution in [0.3, 0.4) is 0 Å². The van der Waals surface area contributed by atoms with E-state index in [0.29, 0.717) is 31.2 Å². The molecule has 0 N–H and O–H groups in total. The second-order valence-corrected chi connectivity index (χ2v) is 7.09. The van der Waals surface area contributed by atoms with Crippen LogP contribution in [0.2, 0.25) is 0 Å². The molecule has 1 aliphatic rings. The number of para-hydroxylation sites is 1. The summed E-state index contributed by atoms with van der Waals surface area (Å²) in [5.41, 5.74) is 2.07. The van der Waals surface area contributed by atoms with Crippen LogP contribution in [0.5, 0.6) is 5.75 Å². The minimum absolute atomic E-state index is 0.00906. The Morgan fingerprint density at radius 2 is 1.82 bits per heavy atom. The quantitative estimate of drug-likeness (QED) is 0.682. The lowest BCUT2D eigenvalue weighted by atomic mass is 9.89. The minimum atomic E-state index is -0.00906. The van der Waals surface area contributed by atoms with E-state index in [9.17, 15) is 4.79 Å². The molecule has 0 aliphatic carbocycles. The Morgan fingerprint density at radius 3 is 2.54 bits per heavy atom. The van der Waals surface area contributed by atoms with Gasteiger partial charge in [0.15, 0.2) is 5.82 Å². The van der Waals surface area contributed by atoms with Crippen molar-refractivity contribution in [3.8, 4) is 5.75 Å². The summed E-state index contributed by atoms with van der Waals surface area (Å²) >= 11 is 0. The summed E-state index contributed by atoms with van der Waals surface area (Å²) in [4.78, 5) is 19.4. The van der Waals surface area contributed by atoms with Crippen molar-refractivity contribution in [2.24, 2.45) is 0 Å². The van der Waals surface area contributed by atoms with Crippen LogP contribution in [0.4, 0.5) is 0 Å². The van der Waals surface area contributed by atoms with E-state index < -0.39 is 0 Å². The third-order valence-electron chi connectivity index (χ3n) is 5.29. The number of nitrogens with zero attached hydrogens (tertiary/aromatic N) is 3. The van der Waals surface area contributed by atoms with Crippen LogP contribution in [-0.4, -0.2) is 41.1 Å². The summed E-state index contributed by atoms with van der Waals surface area (Å²) in [5.74, 6) is 2.13. The lowest BCUT2D eigenvalue weighted by Gasteiger charge is -2.17. The first-order chi connectivity index (χ1) is 13.7. The van der Waals surface area contributed by atoms with Gasteiger partial charge in [-0.2, -0.15) is 4.98 Å². The van der Waals surface area contributed by atoms with Gasteiger partial charge in [0.2, 0.25) is 11.8 Å². The zero-order valence-electron chi connectivity index (χ0n) is 16.0. The molecule has 0 radical (unpaired) electrons. The molecular weight excluding hydrogens is 354 g/mol. The van der Waals surface area contributed by atoms with Crippen LogP contribution in [0.15, 0.2) is 59.1 Å². The number of rotatable bonds is 5. The average Bonchev–Trinajstić information content (AvgIpc) is 3.35. The fourth-order valence-corrected chi connectivity index (χ4v) is 3.88. The van der Waals surface area contributed by atoms with Crippen LogP contribution in [0.1, 0.15) is 34.7 Å². The predicted octanol–water partition coefficient (Wildman–Crippen LogP) is 3.34. The molecule has 0 bridgehead atoms. The Balaban J connectivity index is 1.58. The molecule has 1 aliphatic heterocycles. The number of likely N-dealkylation sites (tertiary alicyclic amines) is 1. The van der Waals surface area contributed by atoms with E-state index >= 15 is 0 Å². The summed E-state index contributed by atoms with van der Waals surface area (Å²) in [7, 11) is 1.62. The molecule has 0 saturated carbocycles. The molecule has 0 unspecified atom stereocenters. The van der Waals surface area contributed by atoms with E-state index in [1.54, 1.807) is 7.11 Å². The van der Waals surface area contributed by atoms with Crippen LogP contribution < -0.4 is 4.74 Å². The zero-order chi connectivity index (χ0) is 19.5. The molecule has 1 aromatic heterocycles. The Bertz CT molecular complexity index is 954. The molecule has 28 heavy (non-hydrogen) atoms. The van der Waals surface area contributed by atoms with Gasteiger partial charge in [0.1, 0.15) is 5.75 Å². The predicted molar refractivity (Wildman–Crippen MR) is 104 cm³/mol. The smallest absolute Gasteiger partial charge is 0.232 e. The Labute approximate surface area is 164 Å². The van der Waals surface area contributed by atoms with E-state index in [0.717, 1.165) is 11.3 Å². The highest BCUT2D eigenvalue weighted by molar-refractivity contribution is 5.80. The Morgan fingerprint density at radius 1 is 1.11 bits per heavy atom. The van der Waals surface area contributed by atoms with Crippen LogP contribution in [0.25, 0.3) is 0 Å². The van der Waals surface area contributed by atoms with Crippen molar-refractivity contribution < 1.29 is 14.1 Å². The number of benzene rings is 2. The van der Waals surface area contributed by atoms with Gasteiger partial charge in [-0.1, -0.05) is 53.7 Å². The van der Waals surface area contributed by atoms with Crippen molar-refractivity contribution in [1.29, 1.82) is 0 Å². The number of aryl methyl sites for hydroxylation is 1. The molecule has 3 aromatic rings. The van der Waals surface area contributed by atoms with Crippen LogP contribution in [-0.2, 0) is 11.2 Å². The zero-order valence-corrected chi connectivity index (χ0v) is 16.0. The standard InChI is InChI=1S/C22H23N3O3/c1-15-23-22(28-24-15)19-14-25(13-18(19)16-8-4-3-5-9-16)21(26)12-17-10-6-7-11-20(17)27-2/h3-11,18-19H,12-14H2,1-2H3/t18-,19+/m0/s1. The number of carbonyl (C=O) groups excluding carboxylic acids is 1. The minimum Gasteiger partial charge on any atom is -0.496 e. The number of amides is 1. The summed E-state index contributed by atoms with van der Waals surface area (Å²) in [5, 5.41) is 3.94. The van der Waals surface area contributed by atoms with Gasteiger partial charge in [0.05, 0.1) is 19.4 Å². The summed E-state index contributed by atoms with van der Waals surface area (Å²) < 4.78 is 10.9. The van der Waals surface area contributed by atoms with E-state index in [-0.39, 0.29) is 17.7 Å². The molecule has 1 fully saturated rings. The summed E-state index contributed by atoms with van der Waals surface area (Å²) in [6, 6.07) is 17.9. The monoisotopic (exact) mass is 377 g/mol. The molecule has 2 heterocycles. The van der Waals surface area contributed by atoms with Crippen LogP contribution in [0, 0.1) is 6.92 Å². The first kappa shape index (κ1) is 18.2. The highest BCUT2D eigenvalue weighted by atomic mass is 16.5. The van der Waals surface area contributed by atoms with Gasteiger partial charge in [-0.05, 0) is 18.6 Å². The number of ether oxygens (including phenoxy) is 1. The molecular formula is C22H23N3O3. The maximum absolute atomic E-state index is 13.0. The van der Waals surface area contributed by atoms with Crippen molar-refractivity contribution in [3.05, 3.63) is 77.4 Å². The molecule has 6 nitrogen and oxygen atoms in total. The van der Waals surface area contributed by atoms with Crippen molar-refractivity contribution in [2.75, 3.05) is 20.2 Å². The van der Waals surface area contributed by atoms with Crippen molar-refractivity contribution in [1.82, 2.24) is 15.0 Å². The second-order valence-electron chi connectivity index (χ2n) is 7.09. The third kappa shape index (κ3) is 3.63. The van der Waals surface area contributed by atoms with Gasteiger partial charge in [0.25, 0.3) is 0 Å². The summed E-state index contributed by atoms with van der Waals surface area (Å²) in [6.45, 7) is 3.00. The van der Waals surface area contributed by atoms with Gasteiger partial charge in [-0.3, -0.25) is 4.79 Å². The Hall–Kier alpha value is -3.15. The maximum Gasteiger partial charge on any atom is 0.232 e. The first-order valence-corrected chi connectivity index (χ1v) is 9.40. The molecule has 144 valence electrons. The Kier molecular flexibility index (Phi) is 5.10. The van der Waals surface area contributed by atoms with Crippen molar-refractivity contribution in [3.63, 3.8) is 0 Å². The molecule has 2 aromatic carbocycles. The van der Waals surface area contributed by atoms with E-state index in [2.05, 4.69) is 22.3 Å². The van der Waals surface area contributed by atoms with Crippen LogP contribution >= 0.6 is 0 Å². The fraction of sp³-hybridized carbons (Fsp3) is 0.318. The molecule has 1 saturated heterocycles. The first-order valence-electron chi connectivity index (χ1n) is 9.40.